The van der Waals surface area contributed by atoms with Crippen molar-refractivity contribution in [1.82, 2.24) is 4.90 Å². The highest BCUT2D eigenvalue weighted by atomic mass is 16.5. The summed E-state index contributed by atoms with van der Waals surface area (Å²) in [5, 5.41) is 0. The molecule has 0 fully saturated rings. The highest BCUT2D eigenvalue weighted by molar-refractivity contribution is 5.96. The largest absolute Gasteiger partial charge is 0.492 e. The maximum Gasteiger partial charge on any atom is 0.337 e. The third-order valence-corrected chi connectivity index (χ3v) is 3.34. The van der Waals surface area contributed by atoms with Crippen molar-refractivity contribution in [2.75, 3.05) is 27.3 Å². The second kappa shape index (κ2) is 7.98. The summed E-state index contributed by atoms with van der Waals surface area (Å²) in [6.45, 7) is 0.874. The summed E-state index contributed by atoms with van der Waals surface area (Å²) in [4.78, 5) is 25.2. The minimum Gasteiger partial charge on any atom is -0.492 e. The molecular formula is C18H19NO4. The number of esters is 1. The molecule has 23 heavy (non-hydrogen) atoms. The molecular weight excluding hydrogens is 294 g/mol. The Bertz CT molecular complexity index is 652. The Morgan fingerprint density at radius 3 is 2.17 bits per heavy atom. The molecule has 0 aliphatic carbocycles. The summed E-state index contributed by atoms with van der Waals surface area (Å²) in [5.74, 6) is 0.225. The number of hydrogen-bond donors (Lipinski definition) is 0. The summed E-state index contributed by atoms with van der Waals surface area (Å²) in [6, 6.07) is 15.8. The van der Waals surface area contributed by atoms with Crippen LogP contribution in [0.25, 0.3) is 0 Å². The number of likely N-dealkylation sites (N-methyl/N-ethyl adjacent to an activating group) is 1. The van der Waals surface area contributed by atoms with Gasteiger partial charge in [-0.2, -0.15) is 0 Å². The zero-order valence-corrected chi connectivity index (χ0v) is 13.2. The van der Waals surface area contributed by atoms with Gasteiger partial charge in [-0.1, -0.05) is 18.2 Å². The molecule has 0 aliphatic heterocycles. The van der Waals surface area contributed by atoms with Gasteiger partial charge in [-0.3, -0.25) is 4.79 Å². The molecule has 0 N–H and O–H groups in total. The van der Waals surface area contributed by atoms with E-state index in [2.05, 4.69) is 4.74 Å². The monoisotopic (exact) mass is 313 g/mol. The minimum absolute atomic E-state index is 0.127. The molecule has 0 heterocycles. The molecule has 0 saturated heterocycles. The van der Waals surface area contributed by atoms with Crippen LogP contribution in [-0.2, 0) is 4.74 Å². The summed E-state index contributed by atoms with van der Waals surface area (Å²) in [7, 11) is 3.03. The third kappa shape index (κ3) is 4.57. The smallest absolute Gasteiger partial charge is 0.337 e. The molecule has 2 aromatic rings. The van der Waals surface area contributed by atoms with Gasteiger partial charge in [0.1, 0.15) is 12.4 Å². The van der Waals surface area contributed by atoms with Crippen molar-refractivity contribution in [3.8, 4) is 5.75 Å². The fourth-order valence-electron chi connectivity index (χ4n) is 2.01. The Balaban J connectivity index is 1.88. The average molecular weight is 313 g/mol. The quantitative estimate of drug-likeness (QED) is 0.769. The van der Waals surface area contributed by atoms with E-state index in [4.69, 9.17) is 4.74 Å². The first-order valence-electron chi connectivity index (χ1n) is 7.23. The number of carbonyl (C=O) groups excluding carboxylic acids is 2. The first-order chi connectivity index (χ1) is 11.1. The molecule has 120 valence electrons. The number of benzene rings is 2. The molecule has 5 heteroatoms. The SMILES string of the molecule is COC(=O)c1ccc(C(=O)N(C)CCOc2ccccc2)cc1. The number of hydrogen-bond acceptors (Lipinski definition) is 4. The predicted octanol–water partition coefficient (Wildman–Crippen LogP) is 2.62. The molecule has 1 amide bonds. The number of ether oxygens (including phenoxy) is 2. The second-order valence-corrected chi connectivity index (χ2v) is 4.96. The van der Waals surface area contributed by atoms with E-state index < -0.39 is 5.97 Å². The number of amides is 1. The number of para-hydroxylation sites is 1. The van der Waals surface area contributed by atoms with Crippen LogP contribution in [0.2, 0.25) is 0 Å². The summed E-state index contributed by atoms with van der Waals surface area (Å²) in [6.07, 6.45) is 0. The summed E-state index contributed by atoms with van der Waals surface area (Å²) < 4.78 is 10.2. The average Bonchev–Trinajstić information content (AvgIpc) is 2.61. The van der Waals surface area contributed by atoms with Crippen LogP contribution in [0.4, 0.5) is 0 Å². The highest BCUT2D eigenvalue weighted by Crippen LogP contribution is 2.10. The van der Waals surface area contributed by atoms with Crippen LogP contribution in [-0.4, -0.2) is 44.1 Å². The van der Waals surface area contributed by atoms with Crippen molar-refractivity contribution in [3.63, 3.8) is 0 Å². The van der Waals surface area contributed by atoms with Gasteiger partial charge in [-0.25, -0.2) is 4.79 Å². The van der Waals surface area contributed by atoms with Crippen LogP contribution in [0, 0.1) is 0 Å². The lowest BCUT2D eigenvalue weighted by atomic mass is 10.1. The van der Waals surface area contributed by atoms with Gasteiger partial charge in [0, 0.05) is 12.6 Å². The highest BCUT2D eigenvalue weighted by Gasteiger charge is 2.13. The molecule has 0 radical (unpaired) electrons. The Labute approximate surface area is 135 Å². The first kappa shape index (κ1) is 16.5. The van der Waals surface area contributed by atoms with Gasteiger partial charge in [0.2, 0.25) is 0 Å². The van der Waals surface area contributed by atoms with Crippen LogP contribution in [0.1, 0.15) is 20.7 Å². The van der Waals surface area contributed by atoms with Crippen molar-refractivity contribution in [2.24, 2.45) is 0 Å². The Kier molecular flexibility index (Phi) is 5.74. The van der Waals surface area contributed by atoms with Gasteiger partial charge in [0.15, 0.2) is 0 Å². The van der Waals surface area contributed by atoms with Crippen molar-refractivity contribution >= 4 is 11.9 Å². The van der Waals surface area contributed by atoms with Crippen LogP contribution in [0.3, 0.4) is 0 Å². The lowest BCUT2D eigenvalue weighted by molar-refractivity contribution is 0.0600. The minimum atomic E-state index is -0.423. The number of methoxy groups -OCH3 is 1. The van der Waals surface area contributed by atoms with Crippen molar-refractivity contribution in [1.29, 1.82) is 0 Å². The van der Waals surface area contributed by atoms with Crippen LogP contribution in [0.5, 0.6) is 5.75 Å². The normalized spacial score (nSPS) is 10.0. The fraction of sp³-hybridized carbons (Fsp3) is 0.222. The van der Waals surface area contributed by atoms with Crippen LogP contribution in [0.15, 0.2) is 54.6 Å². The van der Waals surface area contributed by atoms with Gasteiger partial charge in [0.25, 0.3) is 5.91 Å². The molecule has 5 nitrogen and oxygen atoms in total. The van der Waals surface area contributed by atoms with Gasteiger partial charge >= 0.3 is 5.97 Å². The molecule has 0 atom stereocenters. The van der Waals surface area contributed by atoms with Crippen LogP contribution >= 0.6 is 0 Å². The van der Waals surface area contributed by atoms with E-state index in [-0.39, 0.29) is 5.91 Å². The number of carbonyl (C=O) groups is 2. The predicted molar refractivity (Wildman–Crippen MR) is 86.7 cm³/mol. The van der Waals surface area contributed by atoms with Gasteiger partial charge in [0.05, 0.1) is 19.2 Å². The van der Waals surface area contributed by atoms with E-state index in [9.17, 15) is 9.59 Å². The maximum absolute atomic E-state index is 12.3. The Morgan fingerprint density at radius 2 is 1.57 bits per heavy atom. The van der Waals surface area contributed by atoms with Crippen molar-refractivity contribution < 1.29 is 19.1 Å². The summed E-state index contributed by atoms with van der Waals surface area (Å²) in [5.41, 5.74) is 0.930. The van der Waals surface area contributed by atoms with Gasteiger partial charge < -0.3 is 14.4 Å². The van der Waals surface area contributed by atoms with Gasteiger partial charge in [-0.05, 0) is 36.4 Å². The van der Waals surface area contributed by atoms with E-state index >= 15 is 0 Å². The first-order valence-corrected chi connectivity index (χ1v) is 7.23. The molecule has 0 aromatic heterocycles. The number of nitrogens with zero attached hydrogens (tertiary/aromatic N) is 1. The van der Waals surface area contributed by atoms with Crippen molar-refractivity contribution in [3.05, 3.63) is 65.7 Å². The Hall–Kier alpha value is -2.82. The lowest BCUT2D eigenvalue weighted by Crippen LogP contribution is -2.30. The fourth-order valence-corrected chi connectivity index (χ4v) is 2.01. The lowest BCUT2D eigenvalue weighted by Gasteiger charge is -2.17. The standard InChI is InChI=1S/C18H19NO4/c1-19(12-13-23-16-6-4-3-5-7-16)17(20)14-8-10-15(11-9-14)18(21)22-2/h3-11H,12-13H2,1-2H3. The van der Waals surface area contributed by atoms with Crippen molar-refractivity contribution in [2.45, 2.75) is 0 Å². The van der Waals surface area contributed by atoms with E-state index in [0.29, 0.717) is 24.3 Å². The number of rotatable bonds is 6. The third-order valence-electron chi connectivity index (χ3n) is 3.34. The zero-order valence-electron chi connectivity index (χ0n) is 13.2. The molecule has 2 aromatic carbocycles. The molecule has 2 rings (SSSR count). The molecule has 0 aliphatic rings. The van der Waals surface area contributed by atoms with E-state index in [1.54, 1.807) is 36.2 Å². The molecule has 0 bridgehead atoms. The Morgan fingerprint density at radius 1 is 0.957 bits per heavy atom. The molecule has 0 unspecified atom stereocenters. The van der Waals surface area contributed by atoms with E-state index in [1.807, 2.05) is 30.3 Å². The second-order valence-electron chi connectivity index (χ2n) is 4.96. The van der Waals surface area contributed by atoms with Crippen LogP contribution < -0.4 is 4.74 Å². The zero-order chi connectivity index (χ0) is 16.7. The summed E-state index contributed by atoms with van der Waals surface area (Å²) >= 11 is 0. The molecule has 0 spiro atoms. The topological polar surface area (TPSA) is 55.8 Å². The van der Waals surface area contributed by atoms with E-state index in [1.165, 1.54) is 7.11 Å². The van der Waals surface area contributed by atoms with E-state index in [0.717, 1.165) is 5.75 Å². The maximum atomic E-state index is 12.3. The molecule has 0 saturated carbocycles. The van der Waals surface area contributed by atoms with Gasteiger partial charge in [-0.15, -0.1) is 0 Å².